The minimum atomic E-state index is 0.882. The molecule has 2 aliphatic carbocycles. The molecule has 3 rings (SSSR count). The lowest BCUT2D eigenvalue weighted by Crippen LogP contribution is -2.05. The van der Waals surface area contributed by atoms with E-state index in [0.29, 0.717) is 0 Å². The molecule has 0 atom stereocenters. The molecule has 0 spiro atoms. The number of unbranched alkanes of at least 4 members (excludes halogenated alkanes) is 1. The van der Waals surface area contributed by atoms with Crippen LogP contribution in [-0.2, 0) is 0 Å². The fourth-order valence-corrected chi connectivity index (χ4v) is 3.63. The summed E-state index contributed by atoms with van der Waals surface area (Å²) in [4.78, 5) is 7.32. The molecule has 0 radical (unpaired) electrons. The number of aromatic amines is 1. The summed E-state index contributed by atoms with van der Waals surface area (Å²) >= 11 is 0. The predicted octanol–water partition coefficient (Wildman–Crippen LogP) is 5.34. The van der Waals surface area contributed by atoms with Crippen molar-refractivity contribution >= 4 is 6.08 Å². The van der Waals surface area contributed by atoms with Gasteiger partial charge < -0.3 is 4.98 Å². The van der Waals surface area contributed by atoms with E-state index in [1.54, 1.807) is 11.9 Å². The first-order chi connectivity index (χ1) is 9.92. The van der Waals surface area contributed by atoms with Crippen LogP contribution in [0.3, 0.4) is 0 Å². The van der Waals surface area contributed by atoms with Crippen LogP contribution in [0.2, 0.25) is 0 Å². The Hall–Kier alpha value is -1.05. The molecular weight excluding hydrogens is 244 g/mol. The second-order valence-electron chi connectivity index (χ2n) is 6.75. The lowest BCUT2D eigenvalue weighted by atomic mass is 9.85. The number of nitrogens with zero attached hydrogens (tertiary/aromatic N) is 1. The number of H-pyrrole nitrogens is 1. The van der Waals surface area contributed by atoms with Crippen molar-refractivity contribution < 1.29 is 0 Å². The highest BCUT2D eigenvalue weighted by atomic mass is 14.8. The molecular formula is C18H28N2. The number of allylic oxidation sites excluding steroid dienone is 1. The zero-order chi connectivity index (χ0) is 13.6. The topological polar surface area (TPSA) is 28.7 Å². The van der Waals surface area contributed by atoms with E-state index in [1.165, 1.54) is 76.3 Å². The molecule has 110 valence electrons. The molecule has 1 aromatic rings. The Labute approximate surface area is 123 Å². The van der Waals surface area contributed by atoms with Crippen molar-refractivity contribution in [2.24, 2.45) is 11.8 Å². The van der Waals surface area contributed by atoms with Crippen LogP contribution in [-0.4, -0.2) is 9.97 Å². The summed E-state index contributed by atoms with van der Waals surface area (Å²) in [6.07, 6.45) is 21.9. The van der Waals surface area contributed by atoms with E-state index in [-0.39, 0.29) is 0 Å². The van der Waals surface area contributed by atoms with Crippen LogP contribution in [0.5, 0.6) is 0 Å². The Morgan fingerprint density at radius 2 is 2.00 bits per heavy atom. The van der Waals surface area contributed by atoms with Crippen molar-refractivity contribution in [1.29, 1.82) is 0 Å². The van der Waals surface area contributed by atoms with Gasteiger partial charge in [-0.15, -0.1) is 0 Å². The zero-order valence-electron chi connectivity index (χ0n) is 12.6. The quantitative estimate of drug-likeness (QED) is 0.666. The van der Waals surface area contributed by atoms with Gasteiger partial charge in [0.15, 0.2) is 0 Å². The molecule has 2 aliphatic rings. The Bertz CT molecular complexity index is 409. The fraction of sp³-hybridized carbons (Fsp3) is 0.722. The number of imidazole rings is 1. The number of nitrogens with one attached hydrogen (secondary N) is 1. The molecule has 2 nitrogen and oxygen atoms in total. The Kier molecular flexibility index (Phi) is 4.94. The lowest BCUT2D eigenvalue weighted by molar-refractivity contribution is 0.329. The lowest BCUT2D eigenvalue weighted by Gasteiger charge is -2.21. The van der Waals surface area contributed by atoms with Crippen LogP contribution in [0.25, 0.3) is 6.08 Å². The number of hydrogen-bond acceptors (Lipinski definition) is 1. The van der Waals surface area contributed by atoms with E-state index in [4.69, 9.17) is 0 Å². The number of rotatable bonds is 7. The molecule has 2 fully saturated rings. The van der Waals surface area contributed by atoms with Crippen LogP contribution in [0.15, 0.2) is 18.1 Å². The highest BCUT2D eigenvalue weighted by molar-refractivity contribution is 5.49. The third-order valence-corrected chi connectivity index (χ3v) is 5.01. The Morgan fingerprint density at radius 1 is 1.15 bits per heavy atom. The van der Waals surface area contributed by atoms with Gasteiger partial charge >= 0.3 is 0 Å². The van der Waals surface area contributed by atoms with E-state index < -0.39 is 0 Å². The van der Waals surface area contributed by atoms with Gasteiger partial charge in [-0.1, -0.05) is 50.5 Å². The van der Waals surface area contributed by atoms with Crippen LogP contribution in [0, 0.1) is 11.8 Å². The molecule has 1 heterocycles. The van der Waals surface area contributed by atoms with Crippen molar-refractivity contribution in [2.75, 3.05) is 0 Å². The first-order valence-corrected chi connectivity index (χ1v) is 8.60. The molecule has 1 N–H and O–H groups in total. The summed E-state index contributed by atoms with van der Waals surface area (Å²) in [5.41, 5.74) is 2.84. The van der Waals surface area contributed by atoms with Crippen molar-refractivity contribution in [3.8, 4) is 0 Å². The second kappa shape index (κ2) is 7.10. The predicted molar refractivity (Wildman–Crippen MR) is 84.3 cm³/mol. The van der Waals surface area contributed by atoms with Crippen molar-refractivity contribution in [2.45, 2.75) is 70.6 Å². The summed E-state index contributed by atoms with van der Waals surface area (Å²) in [7, 11) is 0. The molecule has 2 saturated carbocycles. The third kappa shape index (κ3) is 4.22. The van der Waals surface area contributed by atoms with Crippen LogP contribution >= 0.6 is 0 Å². The maximum Gasteiger partial charge on any atom is 0.0924 e. The van der Waals surface area contributed by atoms with E-state index in [0.717, 1.165) is 11.8 Å². The molecule has 0 bridgehead atoms. The standard InChI is InChI=1S/C18H28N2/c1-2-6-15(7-3-1)8-4-5-9-17(16-10-11-16)12-18-13-19-14-20-18/h12-16H,1-11H2,(H,19,20). The van der Waals surface area contributed by atoms with Gasteiger partial charge in [-0.05, 0) is 43.6 Å². The summed E-state index contributed by atoms with van der Waals surface area (Å²) in [6, 6.07) is 0. The highest BCUT2D eigenvalue weighted by Crippen LogP contribution is 2.40. The summed E-state index contributed by atoms with van der Waals surface area (Å²) in [6.45, 7) is 0. The van der Waals surface area contributed by atoms with Crippen molar-refractivity contribution in [1.82, 2.24) is 9.97 Å². The van der Waals surface area contributed by atoms with E-state index in [2.05, 4.69) is 16.0 Å². The maximum atomic E-state index is 4.11. The smallest absolute Gasteiger partial charge is 0.0924 e. The van der Waals surface area contributed by atoms with Gasteiger partial charge in [-0.25, -0.2) is 4.98 Å². The summed E-state index contributed by atoms with van der Waals surface area (Å²) in [5, 5.41) is 0. The van der Waals surface area contributed by atoms with Gasteiger partial charge in [0.25, 0.3) is 0 Å². The van der Waals surface area contributed by atoms with Crippen LogP contribution in [0.1, 0.15) is 76.3 Å². The minimum Gasteiger partial charge on any atom is -0.345 e. The molecule has 0 unspecified atom stereocenters. The second-order valence-corrected chi connectivity index (χ2v) is 6.75. The van der Waals surface area contributed by atoms with Gasteiger partial charge in [0.2, 0.25) is 0 Å². The van der Waals surface area contributed by atoms with Gasteiger partial charge in [0.1, 0.15) is 0 Å². The van der Waals surface area contributed by atoms with Crippen molar-refractivity contribution in [3.05, 3.63) is 23.8 Å². The number of hydrogen-bond donors (Lipinski definition) is 1. The van der Waals surface area contributed by atoms with E-state index in [1.807, 2.05) is 6.20 Å². The van der Waals surface area contributed by atoms with Gasteiger partial charge in [-0.2, -0.15) is 0 Å². The third-order valence-electron chi connectivity index (χ3n) is 5.01. The number of aromatic nitrogens is 2. The average molecular weight is 272 g/mol. The van der Waals surface area contributed by atoms with E-state index in [9.17, 15) is 0 Å². The monoisotopic (exact) mass is 272 g/mol. The molecule has 20 heavy (non-hydrogen) atoms. The zero-order valence-corrected chi connectivity index (χ0v) is 12.6. The summed E-state index contributed by atoms with van der Waals surface area (Å²) in [5.74, 6) is 1.93. The Morgan fingerprint density at radius 3 is 2.70 bits per heavy atom. The molecule has 2 heteroatoms. The highest BCUT2D eigenvalue weighted by Gasteiger charge is 2.25. The molecule has 0 aliphatic heterocycles. The first-order valence-electron chi connectivity index (χ1n) is 8.60. The first kappa shape index (κ1) is 13.9. The van der Waals surface area contributed by atoms with Crippen LogP contribution < -0.4 is 0 Å². The maximum absolute atomic E-state index is 4.11. The van der Waals surface area contributed by atoms with Gasteiger partial charge in [0.05, 0.1) is 18.2 Å². The van der Waals surface area contributed by atoms with Gasteiger partial charge in [0, 0.05) is 0 Å². The van der Waals surface area contributed by atoms with E-state index >= 15 is 0 Å². The molecule has 0 amide bonds. The molecule has 0 aromatic carbocycles. The van der Waals surface area contributed by atoms with Gasteiger partial charge in [-0.3, -0.25) is 0 Å². The Balaban J connectivity index is 1.41. The molecule has 1 aromatic heterocycles. The fourth-order valence-electron chi connectivity index (χ4n) is 3.63. The SMILES string of the molecule is C(=C(CCCCC1CCCCC1)C1CC1)c1cnc[nH]1. The average Bonchev–Trinajstić information content (AvgIpc) is 3.21. The van der Waals surface area contributed by atoms with Crippen LogP contribution in [0.4, 0.5) is 0 Å². The molecule has 0 saturated heterocycles. The van der Waals surface area contributed by atoms with Crippen molar-refractivity contribution in [3.63, 3.8) is 0 Å². The normalized spacial score (nSPS) is 21.3. The largest absolute Gasteiger partial charge is 0.345 e. The summed E-state index contributed by atoms with van der Waals surface area (Å²) < 4.78 is 0. The minimum absolute atomic E-state index is 0.882.